The van der Waals surface area contributed by atoms with Crippen LogP contribution in [0.25, 0.3) is 22.0 Å². The number of rotatable bonds is 12. The number of nitrogens with zero attached hydrogens (tertiary/aromatic N) is 4. The maximum Gasteiger partial charge on any atom is 0.403 e. The summed E-state index contributed by atoms with van der Waals surface area (Å²) < 4.78 is 69.0. The minimum absolute atomic E-state index is 0.247. The lowest BCUT2D eigenvalue weighted by Crippen LogP contribution is -2.59. The van der Waals surface area contributed by atoms with Crippen LogP contribution >= 0.6 is 0 Å². The van der Waals surface area contributed by atoms with Crippen LogP contribution in [0.4, 0.5) is 22.0 Å². The molecule has 1 aromatic heterocycles. The highest BCUT2D eigenvalue weighted by atomic mass is 19.4. The van der Waals surface area contributed by atoms with Gasteiger partial charge in [0.1, 0.15) is 11.5 Å². The molecule has 0 unspecified atom stereocenters. The van der Waals surface area contributed by atoms with Crippen LogP contribution < -0.4 is 5.32 Å². The summed E-state index contributed by atoms with van der Waals surface area (Å²) >= 11 is 0. The van der Waals surface area contributed by atoms with Gasteiger partial charge in [0, 0.05) is 56.9 Å². The Balaban J connectivity index is 1.11. The van der Waals surface area contributed by atoms with Gasteiger partial charge in [-0.25, -0.2) is 13.6 Å². The van der Waals surface area contributed by atoms with E-state index in [1.54, 1.807) is 12.1 Å². The quantitative estimate of drug-likeness (QED) is 0.220. The van der Waals surface area contributed by atoms with Gasteiger partial charge in [0.05, 0.1) is 12.2 Å². The number of hydrogen-bond donors (Lipinski definition) is 2. The van der Waals surface area contributed by atoms with Crippen molar-refractivity contribution in [2.24, 2.45) is 5.41 Å². The van der Waals surface area contributed by atoms with Gasteiger partial charge in [-0.2, -0.15) is 13.2 Å². The molecule has 2 aromatic carbocycles. The highest BCUT2D eigenvalue weighted by molar-refractivity contribution is 5.99. The average Bonchev–Trinajstić information content (AvgIpc) is 4.02. The number of hydrogen-bond acceptors (Lipinski definition) is 6. The molecule has 8 nitrogen and oxygen atoms in total. The molecule has 0 spiro atoms. The SMILES string of the molecule is O=C(O)[C@H](Cc1cccc2c(-c3ncc(CN4CCN(C5CC5)CC4)cc3C3CC3)cccc12)NC(=O)C1(C(F)(F)F)CCN(CC(F)F)CC1. The Morgan fingerprint density at radius 3 is 2.24 bits per heavy atom. The molecule has 2 aliphatic carbocycles. The molecule has 3 aromatic rings. The summed E-state index contributed by atoms with van der Waals surface area (Å²) in [6.45, 7) is 3.74. The lowest BCUT2D eigenvalue weighted by Gasteiger charge is -2.41. The van der Waals surface area contributed by atoms with Gasteiger partial charge in [-0.15, -0.1) is 0 Å². The van der Waals surface area contributed by atoms with E-state index in [9.17, 15) is 36.6 Å². The number of aliphatic carboxylic acids is 1. The third kappa shape index (κ3) is 7.75. The standard InChI is InChI=1S/C38H44F5N5O3/c39-33(40)23-46-13-11-37(12-14-46,38(41,42)43)36(51)45-32(35(49)50)20-26-3-1-5-29-28(26)4-2-6-30(29)34-31(25-7-8-25)19-24(21-44-34)22-47-15-17-48(18-16-47)27-9-10-27/h1-6,19,21,25,27,32-33H,7-18,20,22-23H2,(H,45,51)(H,49,50)/t32-/m0/s1. The highest BCUT2D eigenvalue weighted by Crippen LogP contribution is 2.47. The molecule has 3 heterocycles. The van der Waals surface area contributed by atoms with Gasteiger partial charge in [-0.1, -0.05) is 42.5 Å². The summed E-state index contributed by atoms with van der Waals surface area (Å²) in [7, 11) is 0. The third-order valence-electron chi connectivity index (χ3n) is 11.2. The fourth-order valence-corrected chi connectivity index (χ4v) is 7.96. The van der Waals surface area contributed by atoms with Crippen LogP contribution in [0.1, 0.15) is 61.1 Å². The van der Waals surface area contributed by atoms with Crippen molar-refractivity contribution in [2.75, 3.05) is 45.8 Å². The first-order chi connectivity index (χ1) is 24.4. The Labute approximate surface area is 294 Å². The number of amides is 1. The van der Waals surface area contributed by atoms with Crippen molar-refractivity contribution in [3.63, 3.8) is 0 Å². The molecule has 4 aliphatic rings. The zero-order chi connectivity index (χ0) is 35.9. The second kappa shape index (κ2) is 14.4. The molecule has 1 atom stereocenters. The number of aromatic nitrogens is 1. The van der Waals surface area contributed by atoms with Crippen LogP contribution in [-0.4, -0.2) is 107 Å². The van der Waals surface area contributed by atoms with E-state index < -0.39 is 55.3 Å². The van der Waals surface area contributed by atoms with Crippen molar-refractivity contribution >= 4 is 22.6 Å². The number of carboxylic acid groups (broad SMARTS) is 1. The first-order valence-corrected chi connectivity index (χ1v) is 18.0. The van der Waals surface area contributed by atoms with E-state index in [1.807, 2.05) is 30.5 Å². The Morgan fingerprint density at radius 1 is 0.922 bits per heavy atom. The summed E-state index contributed by atoms with van der Waals surface area (Å²) in [5.74, 6) is -2.50. The molecular formula is C38H44F5N5O3. The molecule has 2 saturated heterocycles. The fraction of sp³-hybridized carbons (Fsp3) is 0.553. The largest absolute Gasteiger partial charge is 0.480 e. The molecule has 2 saturated carbocycles. The van der Waals surface area contributed by atoms with E-state index in [2.05, 4.69) is 21.2 Å². The number of piperazine rings is 1. The fourth-order valence-electron chi connectivity index (χ4n) is 7.96. The van der Waals surface area contributed by atoms with Gasteiger partial charge in [0.15, 0.2) is 0 Å². The van der Waals surface area contributed by atoms with E-state index in [0.29, 0.717) is 11.5 Å². The van der Waals surface area contributed by atoms with Gasteiger partial charge in [-0.3, -0.25) is 24.5 Å². The van der Waals surface area contributed by atoms with E-state index in [0.717, 1.165) is 73.6 Å². The van der Waals surface area contributed by atoms with E-state index in [4.69, 9.17) is 4.98 Å². The molecule has 7 rings (SSSR count). The summed E-state index contributed by atoms with van der Waals surface area (Å²) in [6.07, 6.45) is -2.67. The maximum absolute atomic E-state index is 14.4. The van der Waals surface area contributed by atoms with Crippen LogP contribution in [-0.2, 0) is 22.6 Å². The number of fused-ring (bicyclic) bond motifs is 1. The van der Waals surface area contributed by atoms with Crippen LogP contribution in [0.5, 0.6) is 0 Å². The number of halogens is 5. The van der Waals surface area contributed by atoms with Crippen LogP contribution in [0.15, 0.2) is 48.7 Å². The third-order valence-corrected chi connectivity index (χ3v) is 11.2. The molecule has 0 bridgehead atoms. The Kier molecular flexibility index (Phi) is 10.1. The monoisotopic (exact) mass is 713 g/mol. The lowest BCUT2D eigenvalue weighted by atomic mass is 9.76. The lowest BCUT2D eigenvalue weighted by molar-refractivity contribution is -0.233. The normalized spacial score (nSPS) is 21.2. The van der Waals surface area contributed by atoms with Gasteiger partial charge in [0.2, 0.25) is 5.91 Å². The predicted octanol–water partition coefficient (Wildman–Crippen LogP) is 6.08. The zero-order valence-corrected chi connectivity index (χ0v) is 28.5. The molecule has 1 amide bonds. The van der Waals surface area contributed by atoms with Crippen molar-refractivity contribution < 1.29 is 36.6 Å². The summed E-state index contributed by atoms with van der Waals surface area (Å²) in [4.78, 5) is 37.0. The molecular weight excluding hydrogens is 669 g/mol. The van der Waals surface area contributed by atoms with Crippen LogP contribution in [0.2, 0.25) is 0 Å². The molecule has 4 fully saturated rings. The average molecular weight is 714 g/mol. The van der Waals surface area contributed by atoms with Gasteiger partial charge in [0.25, 0.3) is 6.43 Å². The topological polar surface area (TPSA) is 89.0 Å². The van der Waals surface area contributed by atoms with Gasteiger partial charge >= 0.3 is 12.1 Å². The number of benzene rings is 2. The molecule has 51 heavy (non-hydrogen) atoms. The Bertz CT molecular complexity index is 1750. The Morgan fingerprint density at radius 2 is 1.61 bits per heavy atom. The number of pyridine rings is 1. The first-order valence-electron chi connectivity index (χ1n) is 18.0. The number of piperidine rings is 1. The predicted molar refractivity (Wildman–Crippen MR) is 182 cm³/mol. The van der Waals surface area contributed by atoms with E-state index >= 15 is 0 Å². The number of alkyl halides is 5. The first kappa shape index (κ1) is 35.7. The second-order valence-corrected chi connectivity index (χ2v) is 14.8. The minimum atomic E-state index is -4.99. The molecule has 0 radical (unpaired) electrons. The van der Waals surface area contributed by atoms with Crippen molar-refractivity contribution in [2.45, 2.75) is 82.1 Å². The number of nitrogens with one attached hydrogen (secondary N) is 1. The highest BCUT2D eigenvalue weighted by Gasteiger charge is 2.61. The zero-order valence-electron chi connectivity index (χ0n) is 28.5. The molecule has 274 valence electrons. The summed E-state index contributed by atoms with van der Waals surface area (Å²) in [5, 5.41) is 13.8. The van der Waals surface area contributed by atoms with E-state index in [-0.39, 0.29) is 19.5 Å². The maximum atomic E-state index is 14.4. The number of carbonyl (C=O) groups is 2. The molecule has 13 heteroatoms. The minimum Gasteiger partial charge on any atom is -0.480 e. The van der Waals surface area contributed by atoms with Crippen molar-refractivity contribution in [3.05, 3.63) is 65.4 Å². The number of carbonyl (C=O) groups excluding carboxylic acids is 1. The van der Waals surface area contributed by atoms with Crippen LogP contribution in [0, 0.1) is 5.41 Å². The molecule has 2 N–H and O–H groups in total. The second-order valence-electron chi connectivity index (χ2n) is 14.8. The van der Waals surface area contributed by atoms with Crippen molar-refractivity contribution in [3.8, 4) is 11.3 Å². The van der Waals surface area contributed by atoms with E-state index in [1.165, 1.54) is 28.9 Å². The number of likely N-dealkylation sites (tertiary alicyclic amines) is 1. The van der Waals surface area contributed by atoms with Crippen LogP contribution in [0.3, 0.4) is 0 Å². The molecule has 2 aliphatic heterocycles. The van der Waals surface area contributed by atoms with Gasteiger partial charge in [-0.05, 0) is 85.0 Å². The number of carboxylic acids is 1. The smallest absolute Gasteiger partial charge is 0.403 e. The summed E-state index contributed by atoms with van der Waals surface area (Å²) in [6, 6.07) is 12.5. The Hall–Kier alpha value is -3.68. The van der Waals surface area contributed by atoms with Crippen molar-refractivity contribution in [1.29, 1.82) is 0 Å². The van der Waals surface area contributed by atoms with Gasteiger partial charge < -0.3 is 10.4 Å². The van der Waals surface area contributed by atoms with Crippen molar-refractivity contribution in [1.82, 2.24) is 25.0 Å². The summed E-state index contributed by atoms with van der Waals surface area (Å²) in [5.41, 5.74) is 1.82.